The highest BCUT2D eigenvalue weighted by Crippen LogP contribution is 2.44. The van der Waals surface area contributed by atoms with E-state index in [1.165, 1.54) is 11.1 Å². The summed E-state index contributed by atoms with van der Waals surface area (Å²) < 4.78 is 29.4. The second-order valence-corrected chi connectivity index (χ2v) is 14.4. The fraction of sp³-hybridized carbons (Fsp3) is 0.531. The summed E-state index contributed by atoms with van der Waals surface area (Å²) in [5.74, 6) is 1.16. The van der Waals surface area contributed by atoms with Gasteiger partial charge in [0.2, 0.25) is 0 Å². The van der Waals surface area contributed by atoms with Crippen LogP contribution in [0.25, 0.3) is 0 Å². The van der Waals surface area contributed by atoms with Crippen LogP contribution in [0.15, 0.2) is 52.9 Å². The molecule has 0 unspecified atom stereocenters. The molecule has 3 aliphatic rings. The molecule has 0 radical (unpaired) electrons. The zero-order valence-corrected chi connectivity index (χ0v) is 25.9. The number of hydrogen-bond donors (Lipinski definition) is 1. The molecule has 2 aromatic carbocycles. The molecule has 41 heavy (non-hydrogen) atoms. The number of halogens is 1. The van der Waals surface area contributed by atoms with Crippen LogP contribution in [0.4, 0.5) is 5.69 Å². The highest BCUT2D eigenvalue weighted by atomic mass is 35.5. The van der Waals surface area contributed by atoms with Crippen LogP contribution >= 0.6 is 11.6 Å². The molecule has 0 aromatic heterocycles. The normalized spacial score (nSPS) is 31.2. The van der Waals surface area contributed by atoms with Crippen molar-refractivity contribution in [1.29, 1.82) is 0 Å². The molecule has 9 heteroatoms. The number of methoxy groups -OCH3 is 1. The van der Waals surface area contributed by atoms with E-state index in [1.807, 2.05) is 18.2 Å². The molecule has 1 saturated carbocycles. The highest BCUT2D eigenvalue weighted by Gasteiger charge is 2.41. The quantitative estimate of drug-likeness (QED) is 0.415. The van der Waals surface area contributed by atoms with Crippen molar-refractivity contribution in [2.24, 2.45) is 21.3 Å². The van der Waals surface area contributed by atoms with Crippen LogP contribution in [0.5, 0.6) is 5.75 Å². The van der Waals surface area contributed by atoms with E-state index in [0.29, 0.717) is 43.4 Å². The Labute approximate surface area is 249 Å². The van der Waals surface area contributed by atoms with Crippen LogP contribution < -0.4 is 14.8 Å². The lowest BCUT2D eigenvalue weighted by Gasteiger charge is -2.44. The van der Waals surface area contributed by atoms with Crippen LogP contribution in [0.3, 0.4) is 0 Å². The van der Waals surface area contributed by atoms with Crippen molar-refractivity contribution in [2.75, 3.05) is 37.5 Å². The number of nitrogens with two attached hydrogens (primary N) is 1. The van der Waals surface area contributed by atoms with Crippen LogP contribution in [-0.4, -0.2) is 48.8 Å². The van der Waals surface area contributed by atoms with Crippen molar-refractivity contribution >= 4 is 33.1 Å². The predicted octanol–water partition coefficient (Wildman–Crippen LogP) is 6.32. The van der Waals surface area contributed by atoms with E-state index < -0.39 is 15.8 Å². The lowest BCUT2D eigenvalue weighted by Crippen LogP contribution is -2.47. The van der Waals surface area contributed by atoms with E-state index in [1.54, 1.807) is 13.2 Å². The van der Waals surface area contributed by atoms with Crippen LogP contribution in [0, 0.1) is 11.8 Å². The summed E-state index contributed by atoms with van der Waals surface area (Å²) in [5, 5.41) is 6.74. The van der Waals surface area contributed by atoms with E-state index in [4.69, 9.17) is 26.2 Å². The molecule has 0 saturated heterocycles. The van der Waals surface area contributed by atoms with E-state index in [2.05, 4.69) is 47.4 Å². The van der Waals surface area contributed by atoms with Gasteiger partial charge in [-0.3, -0.25) is 4.79 Å². The van der Waals surface area contributed by atoms with Crippen molar-refractivity contribution in [1.82, 2.24) is 0 Å². The first kappa shape index (κ1) is 30.1. The maximum absolute atomic E-state index is 13.2. The monoisotopic (exact) mass is 599 g/mol. The molecule has 2 heterocycles. The zero-order valence-electron chi connectivity index (χ0n) is 24.3. The molecule has 0 spiro atoms. The van der Waals surface area contributed by atoms with Crippen molar-refractivity contribution < 1.29 is 18.5 Å². The Morgan fingerprint density at radius 3 is 2.80 bits per heavy atom. The lowest BCUT2D eigenvalue weighted by molar-refractivity contribution is 0.0133. The van der Waals surface area contributed by atoms with E-state index in [-0.39, 0.29) is 17.3 Å². The van der Waals surface area contributed by atoms with Gasteiger partial charge in [-0.2, -0.15) is 0 Å². The summed E-state index contributed by atoms with van der Waals surface area (Å²) in [6.45, 7) is 6.43. The van der Waals surface area contributed by atoms with Gasteiger partial charge in [-0.25, -0.2) is 9.35 Å². The van der Waals surface area contributed by atoms with Gasteiger partial charge < -0.3 is 14.4 Å². The first-order chi connectivity index (χ1) is 19.6. The second kappa shape index (κ2) is 12.5. The van der Waals surface area contributed by atoms with E-state index in [0.717, 1.165) is 48.7 Å². The topological polar surface area (TPSA) is 94.2 Å². The maximum atomic E-state index is 13.2. The molecule has 5 rings (SSSR count). The Hall–Kier alpha value is -2.39. The Morgan fingerprint density at radius 2 is 2.07 bits per heavy atom. The third-order valence-corrected chi connectivity index (χ3v) is 10.4. The van der Waals surface area contributed by atoms with Gasteiger partial charge in [-0.15, -0.1) is 4.36 Å². The third kappa shape index (κ3) is 6.66. The van der Waals surface area contributed by atoms with Crippen LogP contribution in [0.1, 0.15) is 67.4 Å². The summed E-state index contributed by atoms with van der Waals surface area (Å²) >= 11 is 6.43. The van der Waals surface area contributed by atoms with E-state index >= 15 is 0 Å². The van der Waals surface area contributed by atoms with Gasteiger partial charge in [-0.05, 0) is 85.4 Å². The number of aryl methyl sites for hydroxylation is 1. The maximum Gasteiger partial charge on any atom is 0.286 e. The fourth-order valence-corrected chi connectivity index (χ4v) is 7.82. The number of rotatable bonds is 4. The van der Waals surface area contributed by atoms with Gasteiger partial charge in [0, 0.05) is 42.0 Å². The van der Waals surface area contributed by atoms with Gasteiger partial charge in [-0.1, -0.05) is 50.1 Å². The number of fused-ring (bicyclic) bond motifs is 2. The number of carbonyl (C=O) groups is 1. The smallest absolute Gasteiger partial charge is 0.286 e. The van der Waals surface area contributed by atoms with Crippen molar-refractivity contribution in [3.05, 3.63) is 70.3 Å². The predicted molar refractivity (Wildman–Crippen MR) is 166 cm³/mol. The number of hydrogen-bond acceptors (Lipinski definition) is 5. The molecule has 7 nitrogen and oxygen atoms in total. The fourth-order valence-electron chi connectivity index (χ4n) is 6.57. The SMILES string of the molecule is CCCc1cc(Cl)ccc1[C@]1(C)COc2ccc3cc2N(C[C@@H]2CC[C@H]2[C@@H](OC)/C=C/CCC[S@@](N)(=O)=NC3=O)C1. The number of allylic oxidation sites excluding steroid dienone is 1. The minimum atomic E-state index is -3.14. The van der Waals surface area contributed by atoms with Gasteiger partial charge >= 0.3 is 0 Å². The Bertz CT molecular complexity index is 1440. The number of nitrogens with zero attached hydrogens (tertiary/aromatic N) is 2. The molecule has 2 N–H and O–H groups in total. The Balaban J connectivity index is 1.59. The molecule has 2 aromatic rings. The third-order valence-electron chi connectivity index (χ3n) is 8.87. The average Bonchev–Trinajstić information content (AvgIpc) is 3.06. The summed E-state index contributed by atoms with van der Waals surface area (Å²) in [6.07, 6.45) is 9.70. The number of benzene rings is 2. The van der Waals surface area contributed by atoms with E-state index in [9.17, 15) is 9.00 Å². The summed E-state index contributed by atoms with van der Waals surface area (Å²) in [7, 11) is -1.37. The molecule has 1 fully saturated rings. The zero-order chi connectivity index (χ0) is 29.2. The molecular weight excluding hydrogens is 558 g/mol. The van der Waals surface area contributed by atoms with Crippen molar-refractivity contribution in [3.8, 4) is 5.75 Å². The van der Waals surface area contributed by atoms with Gasteiger partial charge in [0.15, 0.2) is 0 Å². The lowest BCUT2D eigenvalue weighted by atomic mass is 9.69. The van der Waals surface area contributed by atoms with Gasteiger partial charge in [0.25, 0.3) is 5.91 Å². The molecule has 1 aliphatic carbocycles. The first-order valence-corrected chi connectivity index (χ1v) is 16.8. The minimum Gasteiger partial charge on any atom is -0.490 e. The molecular formula is C32H42ClN3O4S. The van der Waals surface area contributed by atoms with Crippen LogP contribution in [-0.2, 0) is 26.5 Å². The summed E-state index contributed by atoms with van der Waals surface area (Å²) in [4.78, 5) is 15.6. The number of amides is 1. The summed E-state index contributed by atoms with van der Waals surface area (Å²) in [5.41, 5.74) is 3.37. The van der Waals surface area contributed by atoms with Gasteiger partial charge in [0.1, 0.15) is 15.7 Å². The second-order valence-electron chi connectivity index (χ2n) is 12.0. The number of ether oxygens (including phenoxy) is 2. The first-order valence-electron chi connectivity index (χ1n) is 14.7. The molecule has 5 atom stereocenters. The number of anilines is 1. The Kier molecular flexibility index (Phi) is 9.14. The Morgan fingerprint density at radius 1 is 1.24 bits per heavy atom. The van der Waals surface area contributed by atoms with Crippen molar-refractivity contribution in [3.63, 3.8) is 0 Å². The summed E-state index contributed by atoms with van der Waals surface area (Å²) in [6, 6.07) is 11.6. The highest BCUT2D eigenvalue weighted by molar-refractivity contribution is 7.91. The molecule has 2 bridgehead atoms. The standard InChI is InChI=1S/C32H42ClN3O4S/c1-4-8-22-17-25(33)12-14-27(22)32(2)20-36-19-24-10-13-26(24)29(39-3)9-6-5-7-16-41(34,38)35-31(37)23-11-15-30(40-21-32)28(36)18-23/h6,9,11-12,14-15,17-18,24,26,29H,4-5,7-8,10,13,16,19-21H2,1-3H3,(H2,34,35,37,38)/b9-6+/t24-,26+,29-,32-,41-/m0/s1. The molecule has 222 valence electrons. The van der Waals surface area contributed by atoms with Gasteiger partial charge in [0.05, 0.1) is 18.4 Å². The minimum absolute atomic E-state index is 0.0167. The molecule has 1 amide bonds. The van der Waals surface area contributed by atoms with Crippen molar-refractivity contribution in [2.45, 2.75) is 63.9 Å². The number of carbonyl (C=O) groups excluding carboxylic acids is 1. The molecule has 2 aliphatic heterocycles. The van der Waals surface area contributed by atoms with Crippen LogP contribution in [0.2, 0.25) is 5.02 Å². The average molecular weight is 600 g/mol. The largest absolute Gasteiger partial charge is 0.490 e.